The van der Waals surface area contributed by atoms with Crippen molar-refractivity contribution in [3.05, 3.63) is 29.8 Å². The number of hydrogen-bond acceptors (Lipinski definition) is 5. The normalized spacial score (nSPS) is 24.4. The molecule has 2 atom stereocenters. The Morgan fingerprint density at radius 1 is 1.11 bits per heavy atom. The molecule has 1 amide bonds. The third kappa shape index (κ3) is 5.69. The monoisotopic (exact) mass is 389 g/mol. The molecule has 0 saturated carbocycles. The Hall–Kier alpha value is -1.63. The molecule has 2 N–H and O–H groups in total. The topological polar surface area (TPSA) is 67.2 Å². The minimum Gasteiger partial charge on any atom is -0.508 e. The molecule has 2 saturated heterocycles. The second kappa shape index (κ2) is 10.2. The van der Waals surface area contributed by atoms with Crippen molar-refractivity contribution in [3.8, 4) is 5.75 Å². The molecule has 0 unspecified atom stereocenters. The van der Waals surface area contributed by atoms with Gasteiger partial charge in [0.1, 0.15) is 5.75 Å². The number of likely N-dealkylation sites (N-methyl/N-ethyl adjacent to an activating group) is 1. The van der Waals surface area contributed by atoms with Gasteiger partial charge in [-0.05, 0) is 56.3 Å². The number of phenolic OH excluding ortho intramolecular Hbond substituents is 1. The minimum atomic E-state index is 0.221. The van der Waals surface area contributed by atoms with Gasteiger partial charge in [-0.1, -0.05) is 12.1 Å². The quantitative estimate of drug-likeness (QED) is 0.741. The second-order valence-electron chi connectivity index (χ2n) is 8.33. The molecule has 2 fully saturated rings. The van der Waals surface area contributed by atoms with Gasteiger partial charge in [0.15, 0.2) is 0 Å². The van der Waals surface area contributed by atoms with Crippen molar-refractivity contribution >= 4 is 5.91 Å². The third-order valence-corrected chi connectivity index (χ3v) is 6.35. The Labute approximate surface area is 168 Å². The molecule has 0 spiro atoms. The van der Waals surface area contributed by atoms with E-state index in [2.05, 4.69) is 16.8 Å². The van der Waals surface area contributed by atoms with Crippen LogP contribution in [-0.2, 0) is 11.2 Å². The Kier molecular flexibility index (Phi) is 7.71. The van der Waals surface area contributed by atoms with Crippen molar-refractivity contribution in [2.45, 2.75) is 38.1 Å². The van der Waals surface area contributed by atoms with Gasteiger partial charge in [0.25, 0.3) is 0 Å². The van der Waals surface area contributed by atoms with Crippen LogP contribution in [0.3, 0.4) is 0 Å². The molecule has 3 rings (SSSR count). The molecule has 2 aliphatic rings. The summed E-state index contributed by atoms with van der Waals surface area (Å²) in [6, 6.07) is 7.64. The molecule has 0 bridgehead atoms. The predicted octanol–water partition coefficient (Wildman–Crippen LogP) is 1.56. The van der Waals surface area contributed by atoms with Crippen LogP contribution in [0, 0.1) is 5.92 Å². The van der Waals surface area contributed by atoms with Crippen molar-refractivity contribution in [1.82, 2.24) is 14.7 Å². The van der Waals surface area contributed by atoms with E-state index in [0.29, 0.717) is 24.8 Å². The van der Waals surface area contributed by atoms with Crippen LogP contribution in [-0.4, -0.2) is 89.8 Å². The predicted molar refractivity (Wildman–Crippen MR) is 110 cm³/mol. The molecule has 28 heavy (non-hydrogen) atoms. The standard InChI is InChI=1S/C22H35N3O3/c1-23-12-14-24(15-13-23)21-10-11-25(17-19(21)3-2-16-26)22(28)9-6-18-4-7-20(27)8-5-18/h4-5,7-8,19,21,26-27H,2-3,6,9-17H2,1H3/t19-,21+/m0/s1. The van der Waals surface area contributed by atoms with E-state index in [1.165, 1.54) is 0 Å². The first kappa shape index (κ1) is 21.1. The number of piperidine rings is 1. The lowest BCUT2D eigenvalue weighted by molar-refractivity contribution is -0.134. The number of aromatic hydroxyl groups is 1. The van der Waals surface area contributed by atoms with Gasteiger partial charge >= 0.3 is 0 Å². The first-order chi connectivity index (χ1) is 13.6. The van der Waals surface area contributed by atoms with E-state index in [0.717, 1.165) is 64.1 Å². The molecule has 0 aliphatic carbocycles. The van der Waals surface area contributed by atoms with Crippen molar-refractivity contribution in [1.29, 1.82) is 0 Å². The highest BCUT2D eigenvalue weighted by Gasteiger charge is 2.35. The highest BCUT2D eigenvalue weighted by atomic mass is 16.3. The highest BCUT2D eigenvalue weighted by molar-refractivity contribution is 5.76. The number of carbonyl (C=O) groups excluding carboxylic acids is 1. The van der Waals surface area contributed by atoms with Gasteiger partial charge in [-0.15, -0.1) is 0 Å². The lowest BCUT2D eigenvalue weighted by Gasteiger charge is -2.46. The first-order valence-corrected chi connectivity index (χ1v) is 10.7. The van der Waals surface area contributed by atoms with Gasteiger partial charge in [0.2, 0.25) is 5.91 Å². The van der Waals surface area contributed by atoms with E-state index >= 15 is 0 Å². The third-order valence-electron chi connectivity index (χ3n) is 6.35. The van der Waals surface area contributed by atoms with Gasteiger partial charge in [0, 0.05) is 58.3 Å². The maximum absolute atomic E-state index is 12.8. The highest BCUT2D eigenvalue weighted by Crippen LogP contribution is 2.27. The van der Waals surface area contributed by atoms with E-state index in [4.69, 9.17) is 0 Å². The largest absolute Gasteiger partial charge is 0.508 e. The fourth-order valence-electron chi connectivity index (χ4n) is 4.59. The van der Waals surface area contributed by atoms with Gasteiger partial charge in [-0.3, -0.25) is 9.69 Å². The molecule has 2 aliphatic heterocycles. The van der Waals surface area contributed by atoms with Crippen molar-refractivity contribution in [2.75, 3.05) is 52.9 Å². The van der Waals surface area contributed by atoms with Crippen LogP contribution < -0.4 is 0 Å². The number of aryl methyl sites for hydroxylation is 1. The van der Waals surface area contributed by atoms with Crippen LogP contribution in [0.15, 0.2) is 24.3 Å². The zero-order chi connectivity index (χ0) is 19.9. The number of phenols is 1. The molecule has 1 aromatic carbocycles. The Morgan fingerprint density at radius 3 is 2.50 bits per heavy atom. The van der Waals surface area contributed by atoms with Gasteiger partial charge in [-0.25, -0.2) is 0 Å². The molecular formula is C22H35N3O3. The van der Waals surface area contributed by atoms with Gasteiger partial charge < -0.3 is 20.0 Å². The second-order valence-corrected chi connectivity index (χ2v) is 8.33. The lowest BCUT2D eigenvalue weighted by Crippen LogP contribution is -2.57. The molecule has 2 heterocycles. The van der Waals surface area contributed by atoms with Crippen molar-refractivity contribution in [2.24, 2.45) is 5.92 Å². The van der Waals surface area contributed by atoms with Crippen LogP contribution in [0.25, 0.3) is 0 Å². The number of likely N-dealkylation sites (tertiary alicyclic amines) is 1. The SMILES string of the molecule is CN1CCN([C@@H]2CCN(C(=O)CCc3ccc(O)cc3)C[C@@H]2CCCO)CC1. The Bertz CT molecular complexity index is 614. The Balaban J connectivity index is 1.54. The number of piperazine rings is 1. The molecular weight excluding hydrogens is 354 g/mol. The van der Waals surface area contributed by atoms with E-state index < -0.39 is 0 Å². The van der Waals surface area contributed by atoms with Crippen LogP contribution in [0.5, 0.6) is 5.75 Å². The van der Waals surface area contributed by atoms with Gasteiger partial charge in [-0.2, -0.15) is 0 Å². The van der Waals surface area contributed by atoms with E-state index in [-0.39, 0.29) is 18.3 Å². The lowest BCUT2D eigenvalue weighted by atomic mass is 9.86. The molecule has 156 valence electrons. The molecule has 6 heteroatoms. The zero-order valence-corrected chi connectivity index (χ0v) is 17.1. The number of aliphatic hydroxyl groups is 1. The number of benzene rings is 1. The summed E-state index contributed by atoms with van der Waals surface area (Å²) in [4.78, 5) is 19.8. The van der Waals surface area contributed by atoms with E-state index in [1.54, 1.807) is 12.1 Å². The van der Waals surface area contributed by atoms with Crippen molar-refractivity contribution in [3.63, 3.8) is 0 Å². The van der Waals surface area contributed by atoms with Crippen molar-refractivity contribution < 1.29 is 15.0 Å². The minimum absolute atomic E-state index is 0.221. The zero-order valence-electron chi connectivity index (χ0n) is 17.1. The van der Waals surface area contributed by atoms with Crippen LogP contribution >= 0.6 is 0 Å². The summed E-state index contributed by atoms with van der Waals surface area (Å²) >= 11 is 0. The molecule has 6 nitrogen and oxygen atoms in total. The number of amides is 1. The van der Waals surface area contributed by atoms with E-state index in [9.17, 15) is 15.0 Å². The van der Waals surface area contributed by atoms with Gasteiger partial charge in [0.05, 0.1) is 0 Å². The molecule has 0 radical (unpaired) electrons. The van der Waals surface area contributed by atoms with Crippen LogP contribution in [0.4, 0.5) is 0 Å². The smallest absolute Gasteiger partial charge is 0.222 e. The number of hydrogen-bond donors (Lipinski definition) is 2. The number of rotatable bonds is 7. The number of nitrogens with zero attached hydrogens (tertiary/aromatic N) is 3. The summed E-state index contributed by atoms with van der Waals surface area (Å²) in [6.07, 6.45) is 4.04. The Morgan fingerprint density at radius 2 is 1.82 bits per heavy atom. The number of aliphatic hydroxyl groups excluding tert-OH is 1. The molecule has 0 aromatic heterocycles. The summed E-state index contributed by atoms with van der Waals surface area (Å²) in [5, 5.41) is 18.7. The average molecular weight is 390 g/mol. The summed E-state index contributed by atoms with van der Waals surface area (Å²) < 4.78 is 0. The maximum Gasteiger partial charge on any atom is 0.222 e. The van der Waals surface area contributed by atoms with Crippen LogP contribution in [0.2, 0.25) is 0 Å². The van der Waals surface area contributed by atoms with E-state index in [1.807, 2.05) is 17.0 Å². The number of carbonyl (C=O) groups is 1. The molecule has 1 aromatic rings. The summed E-state index contributed by atoms with van der Waals surface area (Å²) in [7, 11) is 2.18. The average Bonchev–Trinajstić information content (AvgIpc) is 2.72. The maximum atomic E-state index is 12.8. The first-order valence-electron chi connectivity index (χ1n) is 10.7. The summed E-state index contributed by atoms with van der Waals surface area (Å²) in [5.74, 6) is 0.925. The van der Waals surface area contributed by atoms with Crippen LogP contribution in [0.1, 0.15) is 31.2 Å². The fourth-order valence-corrected chi connectivity index (χ4v) is 4.59. The fraction of sp³-hybridized carbons (Fsp3) is 0.682. The summed E-state index contributed by atoms with van der Waals surface area (Å²) in [5.41, 5.74) is 1.08. The summed E-state index contributed by atoms with van der Waals surface area (Å²) in [6.45, 7) is 6.29.